The smallest absolute Gasteiger partial charge is 0.319 e. The molecule has 2 heterocycles. The predicted molar refractivity (Wildman–Crippen MR) is 97.6 cm³/mol. The zero-order valence-electron chi connectivity index (χ0n) is 14.5. The van der Waals surface area contributed by atoms with Gasteiger partial charge in [-0.1, -0.05) is 30.3 Å². The summed E-state index contributed by atoms with van der Waals surface area (Å²) in [5.41, 5.74) is 2.02. The lowest BCUT2D eigenvalue weighted by molar-refractivity contribution is 0.0601. The molecule has 1 aromatic heterocycles. The standard InChI is InChI=1S/C19H26N4O2/c24-19(20-10-4-7-16-5-2-1-3-6-16)22-18-13-21-23(15-18)14-17-8-11-25-12-9-17/h1-3,5-6,13,15,17H,4,7-12,14H2,(H2,20,22,24). The molecular weight excluding hydrogens is 316 g/mol. The van der Waals surface area contributed by atoms with Gasteiger partial charge in [0.05, 0.1) is 11.9 Å². The number of rotatable bonds is 7. The number of hydrogen-bond acceptors (Lipinski definition) is 3. The number of amides is 2. The molecule has 0 radical (unpaired) electrons. The topological polar surface area (TPSA) is 68.2 Å². The van der Waals surface area contributed by atoms with Crippen LogP contribution in [0.3, 0.4) is 0 Å². The van der Waals surface area contributed by atoms with Crippen LogP contribution in [0.2, 0.25) is 0 Å². The van der Waals surface area contributed by atoms with Crippen LogP contribution >= 0.6 is 0 Å². The largest absolute Gasteiger partial charge is 0.381 e. The number of carbonyl (C=O) groups is 1. The van der Waals surface area contributed by atoms with Crippen LogP contribution in [0, 0.1) is 5.92 Å². The first-order chi connectivity index (χ1) is 12.3. The summed E-state index contributed by atoms with van der Waals surface area (Å²) in [6.45, 7) is 3.20. The molecule has 0 aliphatic carbocycles. The zero-order chi connectivity index (χ0) is 17.3. The molecule has 6 nitrogen and oxygen atoms in total. The van der Waals surface area contributed by atoms with E-state index in [0.29, 0.717) is 12.5 Å². The fraction of sp³-hybridized carbons (Fsp3) is 0.474. The van der Waals surface area contributed by atoms with Gasteiger partial charge in [-0.15, -0.1) is 0 Å². The summed E-state index contributed by atoms with van der Waals surface area (Å²) in [6.07, 6.45) is 7.61. The zero-order valence-corrected chi connectivity index (χ0v) is 14.5. The van der Waals surface area contributed by atoms with Gasteiger partial charge in [0.2, 0.25) is 0 Å². The molecule has 1 saturated heterocycles. The van der Waals surface area contributed by atoms with E-state index < -0.39 is 0 Å². The van der Waals surface area contributed by atoms with E-state index in [-0.39, 0.29) is 6.03 Å². The van der Waals surface area contributed by atoms with Crippen LogP contribution in [0.1, 0.15) is 24.8 Å². The molecule has 0 bridgehead atoms. The third kappa shape index (κ3) is 5.90. The lowest BCUT2D eigenvalue weighted by Crippen LogP contribution is -2.29. The number of nitrogens with one attached hydrogen (secondary N) is 2. The highest BCUT2D eigenvalue weighted by Gasteiger charge is 2.15. The third-order valence-electron chi connectivity index (χ3n) is 4.45. The number of anilines is 1. The van der Waals surface area contributed by atoms with E-state index in [1.54, 1.807) is 6.20 Å². The molecule has 2 aromatic rings. The Hall–Kier alpha value is -2.34. The van der Waals surface area contributed by atoms with Gasteiger partial charge in [-0.25, -0.2) is 4.79 Å². The van der Waals surface area contributed by atoms with Crippen molar-refractivity contribution in [2.24, 2.45) is 5.92 Å². The van der Waals surface area contributed by atoms with E-state index in [0.717, 1.165) is 51.1 Å². The number of nitrogens with zero attached hydrogens (tertiary/aromatic N) is 2. The van der Waals surface area contributed by atoms with Gasteiger partial charge in [0.1, 0.15) is 0 Å². The quantitative estimate of drug-likeness (QED) is 0.760. The lowest BCUT2D eigenvalue weighted by Gasteiger charge is -2.21. The van der Waals surface area contributed by atoms with E-state index in [9.17, 15) is 4.79 Å². The van der Waals surface area contributed by atoms with Crippen molar-refractivity contribution in [3.63, 3.8) is 0 Å². The molecule has 0 saturated carbocycles. The number of benzene rings is 1. The summed E-state index contributed by atoms with van der Waals surface area (Å²) in [5.74, 6) is 0.605. The maximum Gasteiger partial charge on any atom is 0.319 e. The number of ether oxygens (including phenoxy) is 1. The Morgan fingerprint density at radius 2 is 2.04 bits per heavy atom. The van der Waals surface area contributed by atoms with Crippen molar-refractivity contribution in [3.05, 3.63) is 48.3 Å². The maximum absolute atomic E-state index is 11.9. The summed E-state index contributed by atoms with van der Waals surface area (Å²) >= 11 is 0. The molecule has 134 valence electrons. The first-order valence-electron chi connectivity index (χ1n) is 8.98. The molecule has 3 rings (SSSR count). The molecular formula is C19H26N4O2. The molecule has 1 fully saturated rings. The number of carbonyl (C=O) groups excluding carboxylic acids is 1. The van der Waals surface area contributed by atoms with Crippen LogP contribution < -0.4 is 10.6 Å². The highest BCUT2D eigenvalue weighted by molar-refractivity contribution is 5.88. The second kappa shape index (κ2) is 9.22. The average Bonchev–Trinajstić information content (AvgIpc) is 3.07. The monoisotopic (exact) mass is 342 g/mol. The second-order valence-electron chi connectivity index (χ2n) is 6.48. The molecule has 2 N–H and O–H groups in total. The Bertz CT molecular complexity index is 650. The SMILES string of the molecule is O=C(NCCCc1ccccc1)Nc1cnn(CC2CCOCC2)c1. The summed E-state index contributed by atoms with van der Waals surface area (Å²) < 4.78 is 7.28. The molecule has 1 aliphatic heterocycles. The van der Waals surface area contributed by atoms with Gasteiger partial charge >= 0.3 is 6.03 Å². The summed E-state index contributed by atoms with van der Waals surface area (Å²) in [4.78, 5) is 11.9. The molecule has 0 atom stereocenters. The number of aryl methyl sites for hydroxylation is 1. The van der Waals surface area contributed by atoms with Gasteiger partial charge in [0.25, 0.3) is 0 Å². The van der Waals surface area contributed by atoms with Gasteiger partial charge < -0.3 is 15.4 Å². The fourth-order valence-corrected chi connectivity index (χ4v) is 3.04. The Balaban J connectivity index is 1.35. The highest BCUT2D eigenvalue weighted by atomic mass is 16.5. The Morgan fingerprint density at radius 1 is 1.24 bits per heavy atom. The van der Waals surface area contributed by atoms with E-state index in [1.807, 2.05) is 29.1 Å². The Kier molecular flexibility index (Phi) is 6.45. The fourth-order valence-electron chi connectivity index (χ4n) is 3.04. The van der Waals surface area contributed by atoms with E-state index in [4.69, 9.17) is 4.74 Å². The third-order valence-corrected chi connectivity index (χ3v) is 4.45. The van der Waals surface area contributed by atoms with Crippen LogP contribution in [-0.2, 0) is 17.7 Å². The van der Waals surface area contributed by atoms with Crippen molar-refractivity contribution in [1.29, 1.82) is 0 Å². The Morgan fingerprint density at radius 3 is 2.84 bits per heavy atom. The minimum Gasteiger partial charge on any atom is -0.381 e. The van der Waals surface area contributed by atoms with Crippen LogP contribution in [-0.4, -0.2) is 35.6 Å². The number of hydrogen-bond donors (Lipinski definition) is 2. The van der Waals surface area contributed by atoms with Crippen molar-refractivity contribution < 1.29 is 9.53 Å². The molecule has 6 heteroatoms. The van der Waals surface area contributed by atoms with Gasteiger partial charge in [-0.2, -0.15) is 5.10 Å². The van der Waals surface area contributed by atoms with Crippen LogP contribution in [0.15, 0.2) is 42.7 Å². The van der Waals surface area contributed by atoms with Crippen LogP contribution in [0.4, 0.5) is 10.5 Å². The summed E-state index contributed by atoms with van der Waals surface area (Å²) in [7, 11) is 0. The van der Waals surface area contributed by atoms with Gasteiger partial charge in [0, 0.05) is 32.5 Å². The predicted octanol–water partition coefficient (Wildman–Crippen LogP) is 3.06. The van der Waals surface area contributed by atoms with Crippen LogP contribution in [0.25, 0.3) is 0 Å². The first-order valence-corrected chi connectivity index (χ1v) is 8.98. The van der Waals surface area contributed by atoms with E-state index in [2.05, 4.69) is 27.9 Å². The van der Waals surface area contributed by atoms with Crippen molar-refractivity contribution in [2.45, 2.75) is 32.2 Å². The normalized spacial score (nSPS) is 15.0. The summed E-state index contributed by atoms with van der Waals surface area (Å²) in [5, 5.41) is 10.1. The first kappa shape index (κ1) is 17.5. The van der Waals surface area contributed by atoms with Crippen molar-refractivity contribution in [3.8, 4) is 0 Å². The molecule has 2 amide bonds. The lowest BCUT2D eigenvalue weighted by atomic mass is 10.0. The number of urea groups is 1. The van der Waals surface area contributed by atoms with Crippen molar-refractivity contribution in [1.82, 2.24) is 15.1 Å². The average molecular weight is 342 g/mol. The minimum absolute atomic E-state index is 0.182. The van der Waals surface area contributed by atoms with Crippen molar-refractivity contribution >= 4 is 11.7 Å². The molecule has 0 spiro atoms. The maximum atomic E-state index is 11.9. The van der Waals surface area contributed by atoms with E-state index in [1.165, 1.54) is 5.56 Å². The van der Waals surface area contributed by atoms with Gasteiger partial charge in [-0.05, 0) is 37.2 Å². The molecule has 25 heavy (non-hydrogen) atoms. The molecule has 1 aromatic carbocycles. The molecule has 0 unspecified atom stereocenters. The van der Waals surface area contributed by atoms with Gasteiger partial charge in [-0.3, -0.25) is 4.68 Å². The van der Waals surface area contributed by atoms with Gasteiger partial charge in [0.15, 0.2) is 0 Å². The minimum atomic E-state index is -0.182. The highest BCUT2D eigenvalue weighted by Crippen LogP contribution is 2.17. The van der Waals surface area contributed by atoms with E-state index >= 15 is 0 Å². The van der Waals surface area contributed by atoms with Crippen LogP contribution in [0.5, 0.6) is 0 Å². The number of aromatic nitrogens is 2. The molecule has 1 aliphatic rings. The van der Waals surface area contributed by atoms with Crippen molar-refractivity contribution in [2.75, 3.05) is 25.1 Å². The second-order valence-corrected chi connectivity index (χ2v) is 6.48. The Labute approximate surface area is 148 Å². The summed E-state index contributed by atoms with van der Waals surface area (Å²) in [6, 6.07) is 10.1.